The highest BCUT2D eigenvalue weighted by atomic mass is 32.1. The fourth-order valence-electron chi connectivity index (χ4n) is 3.05. The second kappa shape index (κ2) is 8.04. The lowest BCUT2D eigenvalue weighted by Crippen LogP contribution is -2.25. The van der Waals surface area contributed by atoms with E-state index < -0.39 is 5.82 Å². The highest BCUT2D eigenvalue weighted by molar-refractivity contribution is 7.07. The maximum absolute atomic E-state index is 14.2. The van der Waals surface area contributed by atoms with Gasteiger partial charge in [-0.2, -0.15) is 5.10 Å². The van der Waals surface area contributed by atoms with E-state index in [9.17, 15) is 9.18 Å². The molecule has 1 amide bonds. The quantitative estimate of drug-likeness (QED) is 0.484. The van der Waals surface area contributed by atoms with Crippen molar-refractivity contribution < 1.29 is 18.3 Å². The molecule has 0 atom stereocenters. The Bertz CT molecular complexity index is 1360. The van der Waals surface area contributed by atoms with E-state index in [2.05, 4.69) is 15.4 Å². The van der Waals surface area contributed by atoms with Crippen LogP contribution in [0, 0.1) is 5.82 Å². The number of nitrogens with one attached hydrogen (secondary N) is 1. The van der Waals surface area contributed by atoms with Gasteiger partial charge in [0.05, 0.1) is 23.9 Å². The van der Waals surface area contributed by atoms with Crippen molar-refractivity contribution in [2.24, 2.45) is 10.1 Å². The number of thiazole rings is 1. The summed E-state index contributed by atoms with van der Waals surface area (Å²) in [6, 6.07) is 15.3. The summed E-state index contributed by atoms with van der Waals surface area (Å²) in [5, 5.41) is 9.18. The lowest BCUT2D eigenvalue weighted by atomic mass is 10.1. The molecule has 1 aliphatic heterocycles. The molecule has 0 spiro atoms. The molecule has 154 valence electrons. The lowest BCUT2D eigenvalue weighted by molar-refractivity contribution is -0.118. The van der Waals surface area contributed by atoms with Crippen molar-refractivity contribution in [3.05, 3.63) is 82.6 Å². The zero-order chi connectivity index (χ0) is 21.2. The molecule has 9 heteroatoms. The number of anilines is 1. The normalized spacial score (nSPS) is 13.8. The second-order valence-electron chi connectivity index (χ2n) is 6.59. The highest BCUT2D eigenvalue weighted by Gasteiger charge is 2.18. The van der Waals surface area contributed by atoms with Gasteiger partial charge in [0.15, 0.2) is 6.61 Å². The number of aromatic nitrogens is 1. The van der Waals surface area contributed by atoms with Gasteiger partial charge in [0, 0.05) is 10.9 Å². The van der Waals surface area contributed by atoms with E-state index in [1.165, 1.54) is 17.4 Å². The summed E-state index contributed by atoms with van der Waals surface area (Å²) < 4.78 is 26.5. The Hall–Kier alpha value is -3.98. The topological polar surface area (TPSA) is 81.1 Å². The van der Waals surface area contributed by atoms with Crippen molar-refractivity contribution in [3.8, 4) is 17.0 Å². The summed E-state index contributed by atoms with van der Waals surface area (Å²) in [5.74, 6) is 0.523. The van der Waals surface area contributed by atoms with Crippen LogP contribution in [0.4, 0.5) is 15.8 Å². The van der Waals surface area contributed by atoms with Gasteiger partial charge in [0.2, 0.25) is 4.80 Å². The first-order chi connectivity index (χ1) is 15.2. The van der Waals surface area contributed by atoms with Crippen LogP contribution in [0.2, 0.25) is 0 Å². The van der Waals surface area contributed by atoms with Crippen molar-refractivity contribution in [2.45, 2.75) is 0 Å². The minimum absolute atomic E-state index is 0.0100. The van der Waals surface area contributed by atoms with E-state index in [4.69, 9.17) is 9.15 Å². The van der Waals surface area contributed by atoms with Gasteiger partial charge in [0.25, 0.3) is 5.91 Å². The fraction of sp³-hybridized carbons (Fsp3) is 0.0455. The second-order valence-corrected chi connectivity index (χ2v) is 7.42. The number of rotatable bonds is 4. The van der Waals surface area contributed by atoms with E-state index >= 15 is 0 Å². The molecule has 5 rings (SSSR count). The van der Waals surface area contributed by atoms with Crippen LogP contribution in [0.3, 0.4) is 0 Å². The smallest absolute Gasteiger partial charge is 0.262 e. The standard InChI is InChI=1S/C22H15FN4O3S/c23-16-5-1-2-6-17(16)26-22-27(24-11-15-4-3-9-29-15)19(13-31-22)14-7-8-20-18(10-14)25-21(28)12-30-20/h1-11,13H,12H2,(H,25,28). The average molecular weight is 434 g/mol. The number of para-hydroxylation sites is 1. The molecule has 0 fully saturated rings. The van der Waals surface area contributed by atoms with Gasteiger partial charge in [-0.15, -0.1) is 11.3 Å². The molecule has 0 unspecified atom stereocenters. The van der Waals surface area contributed by atoms with Gasteiger partial charge in [-0.3, -0.25) is 4.79 Å². The van der Waals surface area contributed by atoms with Crippen molar-refractivity contribution in [1.82, 2.24) is 4.68 Å². The van der Waals surface area contributed by atoms with Crippen LogP contribution in [0.5, 0.6) is 5.75 Å². The van der Waals surface area contributed by atoms with Crippen LogP contribution in [0.1, 0.15) is 5.76 Å². The van der Waals surface area contributed by atoms with Crippen molar-refractivity contribution >= 4 is 34.8 Å². The summed E-state index contributed by atoms with van der Waals surface area (Å²) in [4.78, 5) is 16.6. The number of ether oxygens (including phenoxy) is 1. The average Bonchev–Trinajstić information content (AvgIpc) is 3.43. The summed E-state index contributed by atoms with van der Waals surface area (Å²) in [6.07, 6.45) is 3.11. The lowest BCUT2D eigenvalue weighted by Gasteiger charge is -2.18. The Morgan fingerprint density at radius 3 is 2.90 bits per heavy atom. The number of halogens is 1. The first-order valence-electron chi connectivity index (χ1n) is 9.32. The molecule has 2 aromatic heterocycles. The molecule has 0 saturated heterocycles. The molecule has 3 heterocycles. The van der Waals surface area contributed by atoms with Gasteiger partial charge in [-0.25, -0.2) is 14.1 Å². The Balaban J connectivity index is 1.64. The highest BCUT2D eigenvalue weighted by Crippen LogP contribution is 2.33. The van der Waals surface area contributed by atoms with Crippen molar-refractivity contribution in [2.75, 3.05) is 11.9 Å². The molecule has 1 N–H and O–H groups in total. The minimum Gasteiger partial charge on any atom is -0.482 e. The van der Waals surface area contributed by atoms with E-state index in [-0.39, 0.29) is 18.2 Å². The van der Waals surface area contributed by atoms with Crippen LogP contribution in [-0.4, -0.2) is 23.4 Å². The molecular weight excluding hydrogens is 419 g/mol. The van der Waals surface area contributed by atoms with E-state index in [1.54, 1.807) is 59.6 Å². The van der Waals surface area contributed by atoms with E-state index in [0.29, 0.717) is 27.7 Å². The molecule has 31 heavy (non-hydrogen) atoms. The van der Waals surface area contributed by atoms with Gasteiger partial charge in [-0.1, -0.05) is 12.1 Å². The first kappa shape index (κ1) is 19.0. The summed E-state index contributed by atoms with van der Waals surface area (Å²) in [5.41, 5.74) is 2.29. The largest absolute Gasteiger partial charge is 0.482 e. The van der Waals surface area contributed by atoms with Gasteiger partial charge < -0.3 is 14.5 Å². The molecular formula is C22H15FN4O3S. The van der Waals surface area contributed by atoms with Crippen LogP contribution < -0.4 is 14.9 Å². The third kappa shape index (κ3) is 3.90. The molecule has 1 aliphatic rings. The molecule has 0 bridgehead atoms. The van der Waals surface area contributed by atoms with Crippen LogP contribution in [0.15, 0.2) is 80.8 Å². The number of furan rings is 1. The maximum Gasteiger partial charge on any atom is 0.262 e. The number of carbonyl (C=O) groups excluding carboxylic acids is 1. The first-order valence-corrected chi connectivity index (χ1v) is 10.2. The van der Waals surface area contributed by atoms with E-state index in [1.807, 2.05) is 11.4 Å². The SMILES string of the molecule is O=C1COc2ccc(-c3csc(=Nc4ccccc4F)n3N=Cc3ccco3)cc2N1. The molecule has 4 aromatic rings. The number of carbonyl (C=O) groups is 1. The van der Waals surface area contributed by atoms with Gasteiger partial charge in [-0.05, 0) is 42.5 Å². The zero-order valence-corrected chi connectivity index (χ0v) is 16.8. The summed E-state index contributed by atoms with van der Waals surface area (Å²) >= 11 is 1.32. The third-order valence-corrected chi connectivity index (χ3v) is 5.32. The number of benzene rings is 2. The number of hydrogen-bond donors (Lipinski definition) is 1. The predicted molar refractivity (Wildman–Crippen MR) is 115 cm³/mol. The summed E-state index contributed by atoms with van der Waals surface area (Å²) in [6.45, 7) is -0.0100. The van der Waals surface area contributed by atoms with Crippen molar-refractivity contribution in [3.63, 3.8) is 0 Å². The number of hydrogen-bond acceptors (Lipinski definition) is 6. The summed E-state index contributed by atoms with van der Waals surface area (Å²) in [7, 11) is 0. The maximum atomic E-state index is 14.2. The Kier molecular flexibility index (Phi) is 4.93. The molecule has 7 nitrogen and oxygen atoms in total. The zero-order valence-electron chi connectivity index (χ0n) is 16.0. The Morgan fingerprint density at radius 2 is 2.06 bits per heavy atom. The molecule has 0 radical (unpaired) electrons. The van der Waals surface area contributed by atoms with Crippen LogP contribution in [0.25, 0.3) is 11.3 Å². The molecule has 0 aliphatic carbocycles. The fourth-order valence-corrected chi connectivity index (χ4v) is 3.90. The Labute approximate surface area is 179 Å². The van der Waals surface area contributed by atoms with Gasteiger partial charge in [0.1, 0.15) is 23.0 Å². The number of amides is 1. The minimum atomic E-state index is -0.423. The number of nitrogens with zero attached hydrogens (tertiary/aromatic N) is 3. The molecule has 2 aromatic carbocycles. The predicted octanol–water partition coefficient (Wildman–Crippen LogP) is 4.39. The third-order valence-electron chi connectivity index (χ3n) is 4.51. The van der Waals surface area contributed by atoms with Crippen molar-refractivity contribution in [1.29, 1.82) is 0 Å². The van der Waals surface area contributed by atoms with E-state index in [0.717, 1.165) is 5.56 Å². The Morgan fingerprint density at radius 1 is 1.16 bits per heavy atom. The van der Waals surface area contributed by atoms with Crippen LogP contribution in [-0.2, 0) is 4.79 Å². The van der Waals surface area contributed by atoms with Crippen LogP contribution >= 0.6 is 11.3 Å². The number of fused-ring (bicyclic) bond motifs is 1. The molecule has 0 saturated carbocycles. The van der Waals surface area contributed by atoms with Gasteiger partial charge >= 0.3 is 0 Å². The monoisotopic (exact) mass is 434 g/mol.